The minimum Gasteiger partial charge on any atom is -0.324 e. The van der Waals surface area contributed by atoms with Gasteiger partial charge in [0, 0.05) is 11.6 Å². The summed E-state index contributed by atoms with van der Waals surface area (Å²) in [4.78, 5) is 13.7. The van der Waals surface area contributed by atoms with Crippen molar-refractivity contribution in [1.29, 1.82) is 0 Å². The van der Waals surface area contributed by atoms with Crippen LogP contribution >= 0.6 is 0 Å². The zero-order valence-corrected chi connectivity index (χ0v) is 12.4. The summed E-state index contributed by atoms with van der Waals surface area (Å²) in [6.45, 7) is 1.65. The Bertz CT molecular complexity index is 486. The Labute approximate surface area is 125 Å². The third-order valence-corrected chi connectivity index (χ3v) is 5.02. The number of nitrogens with one attached hydrogen (secondary N) is 2. The first-order valence-corrected chi connectivity index (χ1v) is 8.12. The van der Waals surface area contributed by atoms with Crippen molar-refractivity contribution in [3.05, 3.63) is 30.1 Å². The highest BCUT2D eigenvalue weighted by molar-refractivity contribution is 5.91. The molecule has 114 valence electrons. The SMILES string of the molecule is O=C(C[NH+]1CCC[C@@H]2CCCC[C@@H]21)Nc1ccc(F)cc1. The minimum absolute atomic E-state index is 0.0443. The molecule has 1 heterocycles. The first-order valence-electron chi connectivity index (χ1n) is 8.12. The molecule has 1 saturated carbocycles. The summed E-state index contributed by atoms with van der Waals surface area (Å²) in [5.74, 6) is 0.587. The van der Waals surface area contributed by atoms with Gasteiger partial charge in [-0.1, -0.05) is 6.42 Å². The molecule has 0 spiro atoms. The van der Waals surface area contributed by atoms with Gasteiger partial charge in [-0.2, -0.15) is 0 Å². The Morgan fingerprint density at radius 2 is 1.86 bits per heavy atom. The van der Waals surface area contributed by atoms with Gasteiger partial charge in [-0.25, -0.2) is 4.39 Å². The highest BCUT2D eigenvalue weighted by Gasteiger charge is 2.37. The monoisotopic (exact) mass is 291 g/mol. The molecule has 3 nitrogen and oxygen atoms in total. The average molecular weight is 291 g/mol. The van der Waals surface area contributed by atoms with Gasteiger partial charge < -0.3 is 10.2 Å². The van der Waals surface area contributed by atoms with Crippen LogP contribution in [0.1, 0.15) is 38.5 Å². The van der Waals surface area contributed by atoms with Crippen molar-refractivity contribution >= 4 is 11.6 Å². The fraction of sp³-hybridized carbons (Fsp3) is 0.588. The molecule has 2 aliphatic rings. The number of piperidine rings is 1. The van der Waals surface area contributed by atoms with E-state index in [0.29, 0.717) is 18.3 Å². The third-order valence-electron chi connectivity index (χ3n) is 5.02. The van der Waals surface area contributed by atoms with Crippen molar-refractivity contribution in [2.45, 2.75) is 44.6 Å². The van der Waals surface area contributed by atoms with Crippen molar-refractivity contribution in [3.63, 3.8) is 0 Å². The van der Waals surface area contributed by atoms with Crippen molar-refractivity contribution in [3.8, 4) is 0 Å². The van der Waals surface area contributed by atoms with Crippen LogP contribution < -0.4 is 10.2 Å². The van der Waals surface area contributed by atoms with Crippen LogP contribution in [-0.2, 0) is 4.79 Å². The van der Waals surface area contributed by atoms with Gasteiger partial charge in [0.05, 0.1) is 12.6 Å². The number of carbonyl (C=O) groups is 1. The smallest absolute Gasteiger partial charge is 0.279 e. The highest BCUT2D eigenvalue weighted by Crippen LogP contribution is 2.28. The number of fused-ring (bicyclic) bond motifs is 1. The van der Waals surface area contributed by atoms with Crippen molar-refractivity contribution in [2.75, 3.05) is 18.4 Å². The maximum Gasteiger partial charge on any atom is 0.279 e. The summed E-state index contributed by atoms with van der Waals surface area (Å²) in [6.07, 6.45) is 7.85. The van der Waals surface area contributed by atoms with Crippen molar-refractivity contribution in [1.82, 2.24) is 0 Å². The lowest BCUT2D eigenvalue weighted by atomic mass is 9.78. The zero-order valence-electron chi connectivity index (χ0n) is 12.4. The predicted molar refractivity (Wildman–Crippen MR) is 80.7 cm³/mol. The lowest BCUT2D eigenvalue weighted by Crippen LogP contribution is -3.18. The van der Waals surface area contributed by atoms with E-state index in [0.717, 1.165) is 12.5 Å². The number of benzene rings is 1. The van der Waals surface area contributed by atoms with Crippen LogP contribution in [0.2, 0.25) is 0 Å². The van der Waals surface area contributed by atoms with E-state index >= 15 is 0 Å². The standard InChI is InChI=1S/C17H23FN2O/c18-14-7-9-15(10-8-14)19-17(21)12-20-11-3-5-13-4-1-2-6-16(13)20/h7-10,13,16H,1-6,11-12H2,(H,19,21)/p+1/t13-,16-/m0/s1. The molecule has 0 bridgehead atoms. The van der Waals surface area contributed by atoms with Gasteiger partial charge >= 0.3 is 0 Å². The van der Waals surface area contributed by atoms with Crippen molar-refractivity contribution in [2.24, 2.45) is 5.92 Å². The first-order chi connectivity index (χ1) is 10.2. The highest BCUT2D eigenvalue weighted by atomic mass is 19.1. The molecule has 4 heteroatoms. The van der Waals surface area contributed by atoms with E-state index in [9.17, 15) is 9.18 Å². The third kappa shape index (κ3) is 3.62. The number of quaternary nitrogens is 1. The molecule has 3 atom stereocenters. The number of amides is 1. The molecular formula is C17H24FN2O+. The lowest BCUT2D eigenvalue weighted by Gasteiger charge is -2.40. The Hall–Kier alpha value is -1.42. The summed E-state index contributed by atoms with van der Waals surface area (Å²) >= 11 is 0. The fourth-order valence-corrected chi connectivity index (χ4v) is 4.03. The van der Waals surface area contributed by atoms with Gasteiger partial charge in [-0.3, -0.25) is 4.79 Å². The number of carbonyl (C=O) groups excluding carboxylic acids is 1. The van der Waals surface area contributed by atoms with E-state index in [1.54, 1.807) is 12.1 Å². The molecule has 1 aromatic rings. The van der Waals surface area contributed by atoms with E-state index in [1.807, 2.05) is 0 Å². The molecule has 0 radical (unpaired) electrons. The zero-order chi connectivity index (χ0) is 14.7. The maximum atomic E-state index is 12.9. The number of halogens is 1. The van der Waals surface area contributed by atoms with E-state index in [2.05, 4.69) is 5.32 Å². The van der Waals surface area contributed by atoms with Crippen molar-refractivity contribution < 1.29 is 14.1 Å². The largest absolute Gasteiger partial charge is 0.324 e. The molecule has 1 aliphatic carbocycles. The van der Waals surface area contributed by atoms with Crippen LogP contribution in [0.5, 0.6) is 0 Å². The molecule has 1 amide bonds. The second kappa shape index (κ2) is 6.56. The number of hydrogen-bond acceptors (Lipinski definition) is 1. The van der Waals surface area contributed by atoms with E-state index in [1.165, 1.54) is 55.6 Å². The van der Waals surface area contributed by atoms with Crippen LogP contribution in [-0.4, -0.2) is 25.0 Å². The van der Waals surface area contributed by atoms with Crippen LogP contribution in [0.4, 0.5) is 10.1 Å². The molecule has 1 aromatic carbocycles. The Morgan fingerprint density at radius 1 is 1.14 bits per heavy atom. The molecule has 0 aromatic heterocycles. The summed E-state index contributed by atoms with van der Waals surface area (Å²) in [7, 11) is 0. The Balaban J connectivity index is 1.57. The van der Waals surface area contributed by atoms with Gasteiger partial charge in [0.2, 0.25) is 0 Å². The topological polar surface area (TPSA) is 33.5 Å². The average Bonchev–Trinajstić information content (AvgIpc) is 2.50. The van der Waals surface area contributed by atoms with E-state index in [-0.39, 0.29) is 11.7 Å². The van der Waals surface area contributed by atoms with E-state index in [4.69, 9.17) is 0 Å². The first kappa shape index (κ1) is 14.5. The fourth-order valence-electron chi connectivity index (χ4n) is 4.03. The molecule has 1 saturated heterocycles. The molecule has 2 N–H and O–H groups in total. The van der Waals surface area contributed by atoms with Crippen LogP contribution in [0.3, 0.4) is 0 Å². The normalized spacial score (nSPS) is 28.7. The molecular weight excluding hydrogens is 267 g/mol. The Morgan fingerprint density at radius 3 is 2.67 bits per heavy atom. The minimum atomic E-state index is -0.278. The summed E-state index contributed by atoms with van der Waals surface area (Å²) < 4.78 is 12.9. The van der Waals surface area contributed by atoms with Gasteiger partial charge in [0.25, 0.3) is 5.91 Å². The maximum absolute atomic E-state index is 12.9. The molecule has 1 unspecified atom stereocenters. The summed E-state index contributed by atoms with van der Waals surface area (Å²) in [5, 5.41) is 2.89. The predicted octanol–water partition coefficient (Wildman–Crippen LogP) is 2.00. The lowest BCUT2D eigenvalue weighted by molar-refractivity contribution is -0.928. The summed E-state index contributed by atoms with van der Waals surface area (Å²) in [5.41, 5.74) is 0.679. The number of rotatable bonds is 3. The molecule has 2 fully saturated rings. The summed E-state index contributed by atoms with van der Waals surface area (Å²) in [6, 6.07) is 6.65. The second-order valence-corrected chi connectivity index (χ2v) is 6.43. The van der Waals surface area contributed by atoms with Crippen LogP contribution in [0, 0.1) is 11.7 Å². The van der Waals surface area contributed by atoms with Gasteiger partial charge in [0.1, 0.15) is 5.82 Å². The van der Waals surface area contributed by atoms with Crippen LogP contribution in [0.25, 0.3) is 0 Å². The van der Waals surface area contributed by atoms with Crippen LogP contribution in [0.15, 0.2) is 24.3 Å². The van der Waals surface area contributed by atoms with Gasteiger partial charge in [-0.05, 0) is 56.4 Å². The Kier molecular flexibility index (Phi) is 4.54. The molecule has 3 rings (SSSR count). The van der Waals surface area contributed by atoms with Gasteiger partial charge in [-0.15, -0.1) is 0 Å². The quantitative estimate of drug-likeness (QED) is 0.877. The van der Waals surface area contributed by atoms with Gasteiger partial charge in [0.15, 0.2) is 6.54 Å². The number of anilines is 1. The van der Waals surface area contributed by atoms with E-state index < -0.39 is 0 Å². The number of hydrogen-bond donors (Lipinski definition) is 2. The second-order valence-electron chi connectivity index (χ2n) is 6.43. The molecule has 21 heavy (non-hydrogen) atoms. The number of likely N-dealkylation sites (tertiary alicyclic amines) is 1. The molecule has 1 aliphatic heterocycles.